The number of aliphatic carboxylic acids is 1. The van der Waals surface area contributed by atoms with E-state index in [1.807, 2.05) is 0 Å². The van der Waals surface area contributed by atoms with E-state index in [2.05, 4.69) is 4.98 Å². The van der Waals surface area contributed by atoms with Gasteiger partial charge < -0.3 is 15.6 Å². The minimum atomic E-state index is -2.77. The number of carbonyl (C=O) groups is 1. The maximum Gasteiger partial charge on any atom is 0.309 e. The number of halogens is 2. The summed E-state index contributed by atoms with van der Waals surface area (Å²) in [7, 11) is 1.24. The normalized spacial score (nSPS) is 10.6. The number of carboxylic acids is 1. The number of carboxylic acid groups (broad SMARTS) is 1. The summed E-state index contributed by atoms with van der Waals surface area (Å²) < 4.78 is 30.3. The number of hydrogen-bond acceptors (Lipinski definition) is 4. The second-order valence-electron chi connectivity index (χ2n) is 3.26. The number of alkyl halides is 2. The molecular weight excluding hydrogens is 234 g/mol. The van der Waals surface area contributed by atoms with Crippen LogP contribution in [0.15, 0.2) is 6.07 Å². The second kappa shape index (κ2) is 5.53. The highest BCUT2D eigenvalue weighted by Gasteiger charge is 2.20. The lowest BCUT2D eigenvalue weighted by molar-refractivity contribution is -0.136. The van der Waals surface area contributed by atoms with Crippen molar-refractivity contribution in [2.75, 3.05) is 7.11 Å². The summed E-state index contributed by atoms with van der Waals surface area (Å²) in [6, 6.07) is 1.02. The number of ether oxygens (including phenoxy) is 1. The molecular formula is C10H12F2N2O3. The molecule has 7 heteroatoms. The molecule has 94 valence electrons. The molecule has 0 atom stereocenters. The second-order valence-corrected chi connectivity index (χ2v) is 3.26. The van der Waals surface area contributed by atoms with Crippen LogP contribution < -0.4 is 10.5 Å². The molecule has 1 rings (SSSR count). The van der Waals surface area contributed by atoms with Crippen molar-refractivity contribution in [3.8, 4) is 5.75 Å². The molecule has 1 heterocycles. The summed E-state index contributed by atoms with van der Waals surface area (Å²) in [4.78, 5) is 14.4. The Hall–Kier alpha value is -1.76. The standard InChI is InChI=1S/C10H12F2N2O3/c1-17-9-6(10(11)12)2-5(3-8(15)16)14-7(9)4-13/h2,10H,3-4,13H2,1H3,(H,15,16). The molecule has 0 fully saturated rings. The van der Waals surface area contributed by atoms with Crippen LogP contribution in [0, 0.1) is 0 Å². The van der Waals surface area contributed by atoms with Crippen molar-refractivity contribution in [3.63, 3.8) is 0 Å². The van der Waals surface area contributed by atoms with E-state index in [9.17, 15) is 13.6 Å². The Morgan fingerprint density at radius 2 is 2.29 bits per heavy atom. The molecule has 0 saturated heterocycles. The maximum absolute atomic E-state index is 12.8. The van der Waals surface area contributed by atoms with Crippen molar-refractivity contribution in [2.45, 2.75) is 19.4 Å². The highest BCUT2D eigenvalue weighted by atomic mass is 19.3. The zero-order chi connectivity index (χ0) is 13.0. The fourth-order valence-corrected chi connectivity index (χ4v) is 1.45. The Labute approximate surface area is 96.2 Å². The zero-order valence-electron chi connectivity index (χ0n) is 9.11. The molecule has 0 aliphatic carbocycles. The fourth-order valence-electron chi connectivity index (χ4n) is 1.45. The van der Waals surface area contributed by atoms with Crippen molar-refractivity contribution >= 4 is 5.97 Å². The lowest BCUT2D eigenvalue weighted by Crippen LogP contribution is -2.11. The van der Waals surface area contributed by atoms with Gasteiger partial charge in [-0.05, 0) is 6.07 Å². The SMILES string of the molecule is COc1c(C(F)F)cc(CC(=O)O)nc1CN. The third-order valence-electron chi connectivity index (χ3n) is 2.09. The molecule has 0 saturated carbocycles. The molecule has 0 bridgehead atoms. The van der Waals surface area contributed by atoms with Crippen LogP contribution in [-0.4, -0.2) is 23.2 Å². The Bertz CT molecular complexity index is 424. The number of nitrogens with zero attached hydrogens (tertiary/aromatic N) is 1. The maximum atomic E-state index is 12.8. The molecule has 0 radical (unpaired) electrons. The summed E-state index contributed by atoms with van der Waals surface area (Å²) in [6.45, 7) is -0.101. The topological polar surface area (TPSA) is 85.4 Å². The number of methoxy groups -OCH3 is 1. The van der Waals surface area contributed by atoms with Crippen molar-refractivity contribution in [3.05, 3.63) is 23.0 Å². The molecule has 1 aromatic rings. The van der Waals surface area contributed by atoms with Crippen LogP contribution in [0.4, 0.5) is 8.78 Å². The molecule has 0 amide bonds. The van der Waals surface area contributed by atoms with Gasteiger partial charge in [0.1, 0.15) is 0 Å². The Kier molecular flexibility index (Phi) is 4.33. The van der Waals surface area contributed by atoms with Gasteiger partial charge in [-0.15, -0.1) is 0 Å². The monoisotopic (exact) mass is 246 g/mol. The summed E-state index contributed by atoms with van der Waals surface area (Å²) in [6.07, 6.45) is -3.21. The van der Waals surface area contributed by atoms with Crippen LogP contribution in [0.5, 0.6) is 5.75 Å². The van der Waals surface area contributed by atoms with Crippen LogP contribution in [0.2, 0.25) is 0 Å². The van der Waals surface area contributed by atoms with Gasteiger partial charge in [0.25, 0.3) is 6.43 Å². The van der Waals surface area contributed by atoms with Gasteiger partial charge in [0.2, 0.25) is 0 Å². The predicted molar refractivity (Wildman–Crippen MR) is 55.0 cm³/mol. The molecule has 0 unspecified atom stereocenters. The van der Waals surface area contributed by atoms with Crippen molar-refractivity contribution in [1.82, 2.24) is 4.98 Å². The van der Waals surface area contributed by atoms with Gasteiger partial charge in [-0.1, -0.05) is 0 Å². The van der Waals surface area contributed by atoms with E-state index in [0.29, 0.717) is 0 Å². The number of aromatic nitrogens is 1. The van der Waals surface area contributed by atoms with Crippen molar-refractivity contribution in [1.29, 1.82) is 0 Å². The lowest BCUT2D eigenvalue weighted by atomic mass is 10.1. The van der Waals surface area contributed by atoms with Crippen LogP contribution >= 0.6 is 0 Å². The molecule has 17 heavy (non-hydrogen) atoms. The van der Waals surface area contributed by atoms with Gasteiger partial charge >= 0.3 is 5.97 Å². The first kappa shape index (κ1) is 13.3. The Balaban J connectivity index is 3.29. The fraction of sp³-hybridized carbons (Fsp3) is 0.400. The Morgan fingerprint density at radius 1 is 1.65 bits per heavy atom. The van der Waals surface area contributed by atoms with Crippen molar-refractivity contribution in [2.24, 2.45) is 5.73 Å². The minimum Gasteiger partial charge on any atom is -0.494 e. The van der Waals surface area contributed by atoms with E-state index in [1.165, 1.54) is 7.11 Å². The van der Waals surface area contributed by atoms with Gasteiger partial charge in [0.15, 0.2) is 5.75 Å². The van der Waals surface area contributed by atoms with E-state index >= 15 is 0 Å². The summed E-state index contributed by atoms with van der Waals surface area (Å²) >= 11 is 0. The van der Waals surface area contributed by atoms with Gasteiger partial charge in [0.05, 0.1) is 30.5 Å². The first-order valence-electron chi connectivity index (χ1n) is 4.76. The molecule has 3 N–H and O–H groups in total. The number of pyridine rings is 1. The summed E-state index contributed by atoms with van der Waals surface area (Å²) in [5.74, 6) is -1.23. The van der Waals surface area contributed by atoms with E-state index in [-0.39, 0.29) is 29.2 Å². The van der Waals surface area contributed by atoms with Crippen LogP contribution in [0.3, 0.4) is 0 Å². The average Bonchev–Trinajstić information content (AvgIpc) is 2.26. The summed E-state index contributed by atoms with van der Waals surface area (Å²) in [5.41, 5.74) is 5.13. The molecule has 0 aromatic carbocycles. The highest BCUT2D eigenvalue weighted by molar-refractivity contribution is 5.69. The zero-order valence-corrected chi connectivity index (χ0v) is 9.11. The number of hydrogen-bond donors (Lipinski definition) is 2. The van der Waals surface area contributed by atoms with Gasteiger partial charge in [0, 0.05) is 6.54 Å². The minimum absolute atomic E-state index is 0.0362. The third kappa shape index (κ3) is 3.10. The number of nitrogens with two attached hydrogens (primary N) is 1. The predicted octanol–water partition coefficient (Wildman–Crippen LogP) is 1.11. The third-order valence-corrected chi connectivity index (χ3v) is 2.09. The van der Waals surface area contributed by atoms with Gasteiger partial charge in [-0.3, -0.25) is 9.78 Å². The molecule has 0 aliphatic heterocycles. The largest absolute Gasteiger partial charge is 0.494 e. The lowest BCUT2D eigenvalue weighted by Gasteiger charge is -2.13. The molecule has 5 nitrogen and oxygen atoms in total. The average molecular weight is 246 g/mol. The quantitative estimate of drug-likeness (QED) is 0.812. The van der Waals surface area contributed by atoms with Crippen LogP contribution in [0.1, 0.15) is 23.4 Å². The van der Waals surface area contributed by atoms with Gasteiger partial charge in [-0.25, -0.2) is 8.78 Å². The van der Waals surface area contributed by atoms with Crippen LogP contribution in [-0.2, 0) is 17.8 Å². The smallest absolute Gasteiger partial charge is 0.309 e. The summed E-state index contributed by atoms with van der Waals surface area (Å²) in [5, 5.41) is 8.60. The Morgan fingerprint density at radius 3 is 2.71 bits per heavy atom. The highest BCUT2D eigenvalue weighted by Crippen LogP contribution is 2.31. The van der Waals surface area contributed by atoms with E-state index in [4.69, 9.17) is 15.6 Å². The van der Waals surface area contributed by atoms with E-state index in [0.717, 1.165) is 6.07 Å². The van der Waals surface area contributed by atoms with E-state index < -0.39 is 18.8 Å². The van der Waals surface area contributed by atoms with Gasteiger partial charge in [-0.2, -0.15) is 0 Å². The number of rotatable bonds is 5. The van der Waals surface area contributed by atoms with Crippen LogP contribution in [0.25, 0.3) is 0 Å². The molecule has 0 aliphatic rings. The first-order chi connectivity index (χ1) is 7.99. The molecule has 1 aromatic heterocycles. The van der Waals surface area contributed by atoms with Crippen molar-refractivity contribution < 1.29 is 23.4 Å². The van der Waals surface area contributed by atoms with E-state index in [1.54, 1.807) is 0 Å². The molecule has 0 spiro atoms. The first-order valence-corrected chi connectivity index (χ1v) is 4.76.